The van der Waals surface area contributed by atoms with Gasteiger partial charge in [0.05, 0.1) is 10.9 Å². The van der Waals surface area contributed by atoms with Crippen LogP contribution in [-0.4, -0.2) is 28.9 Å². The van der Waals surface area contributed by atoms with Crippen LogP contribution in [0.1, 0.15) is 46.0 Å². The molecule has 17 heavy (non-hydrogen) atoms. The van der Waals surface area contributed by atoms with Crippen LogP contribution in [0.25, 0.3) is 0 Å². The van der Waals surface area contributed by atoms with Crippen molar-refractivity contribution in [3.63, 3.8) is 0 Å². The summed E-state index contributed by atoms with van der Waals surface area (Å²) in [6.07, 6.45) is 5.27. The Bertz CT molecular complexity index is 281. The molecule has 0 saturated carbocycles. The molecule has 0 aromatic rings. The lowest BCUT2D eigenvalue weighted by Crippen LogP contribution is -2.40. The molecule has 2 unspecified atom stereocenters. The third-order valence-corrected chi connectivity index (χ3v) is 3.80. The standard InChI is InChI=1S/C13H24N2OS/c1-3-5-10-7-8-15(9-10)13(16)11(6-4-2)12(14)17/h10-11H,3-9H2,1-2H3,(H2,14,17). The second-order valence-corrected chi connectivity index (χ2v) is 5.44. The first-order valence-corrected chi connectivity index (χ1v) is 7.09. The van der Waals surface area contributed by atoms with Crippen molar-refractivity contribution in [2.24, 2.45) is 17.6 Å². The van der Waals surface area contributed by atoms with E-state index in [1.165, 1.54) is 12.8 Å². The minimum atomic E-state index is -0.240. The Kier molecular flexibility index (Phi) is 5.89. The molecule has 0 spiro atoms. The van der Waals surface area contributed by atoms with Crippen LogP contribution in [0.2, 0.25) is 0 Å². The number of amides is 1. The lowest BCUT2D eigenvalue weighted by atomic mass is 10.0. The fraction of sp³-hybridized carbons (Fsp3) is 0.846. The molecule has 98 valence electrons. The van der Waals surface area contributed by atoms with Crippen LogP contribution in [0.3, 0.4) is 0 Å². The number of hydrogen-bond donors (Lipinski definition) is 1. The predicted octanol–water partition coefficient (Wildman–Crippen LogP) is 2.34. The molecule has 2 atom stereocenters. The zero-order valence-electron chi connectivity index (χ0n) is 10.9. The van der Waals surface area contributed by atoms with Crippen LogP contribution in [0.5, 0.6) is 0 Å². The van der Waals surface area contributed by atoms with Crippen molar-refractivity contribution >= 4 is 23.1 Å². The van der Waals surface area contributed by atoms with Gasteiger partial charge >= 0.3 is 0 Å². The maximum atomic E-state index is 12.3. The Balaban J connectivity index is 2.54. The highest BCUT2D eigenvalue weighted by atomic mass is 32.1. The van der Waals surface area contributed by atoms with Gasteiger partial charge in [0.25, 0.3) is 0 Å². The second-order valence-electron chi connectivity index (χ2n) is 4.97. The number of nitrogens with two attached hydrogens (primary N) is 1. The first-order chi connectivity index (χ1) is 8.10. The number of carbonyl (C=O) groups is 1. The van der Waals surface area contributed by atoms with Gasteiger partial charge in [-0.1, -0.05) is 38.9 Å². The van der Waals surface area contributed by atoms with E-state index in [-0.39, 0.29) is 11.8 Å². The van der Waals surface area contributed by atoms with E-state index in [0.717, 1.165) is 32.4 Å². The molecule has 1 aliphatic heterocycles. The summed E-state index contributed by atoms with van der Waals surface area (Å²) in [6.45, 7) is 6.03. The molecule has 1 fully saturated rings. The highest BCUT2D eigenvalue weighted by Crippen LogP contribution is 2.23. The average molecular weight is 256 g/mol. The number of likely N-dealkylation sites (tertiary alicyclic amines) is 1. The molecule has 1 aliphatic rings. The Morgan fingerprint density at radius 1 is 1.47 bits per heavy atom. The monoisotopic (exact) mass is 256 g/mol. The minimum absolute atomic E-state index is 0.151. The highest BCUT2D eigenvalue weighted by molar-refractivity contribution is 7.80. The van der Waals surface area contributed by atoms with E-state index in [0.29, 0.717) is 10.9 Å². The normalized spacial score (nSPS) is 21.5. The maximum absolute atomic E-state index is 12.3. The minimum Gasteiger partial charge on any atom is -0.393 e. The van der Waals surface area contributed by atoms with E-state index >= 15 is 0 Å². The van der Waals surface area contributed by atoms with Crippen LogP contribution in [0.4, 0.5) is 0 Å². The lowest BCUT2D eigenvalue weighted by molar-refractivity contribution is -0.132. The van der Waals surface area contributed by atoms with Crippen LogP contribution in [0.15, 0.2) is 0 Å². The number of rotatable bonds is 6. The molecule has 0 bridgehead atoms. The first-order valence-electron chi connectivity index (χ1n) is 6.68. The Morgan fingerprint density at radius 2 is 2.18 bits per heavy atom. The fourth-order valence-electron chi connectivity index (χ4n) is 2.57. The summed E-state index contributed by atoms with van der Waals surface area (Å²) >= 11 is 5.01. The van der Waals surface area contributed by atoms with Crippen molar-refractivity contribution < 1.29 is 4.79 Å². The van der Waals surface area contributed by atoms with Gasteiger partial charge in [-0.05, 0) is 25.2 Å². The van der Waals surface area contributed by atoms with Gasteiger partial charge in [-0.2, -0.15) is 0 Å². The summed E-state index contributed by atoms with van der Waals surface area (Å²) in [5, 5.41) is 0. The lowest BCUT2D eigenvalue weighted by Gasteiger charge is -2.22. The van der Waals surface area contributed by atoms with E-state index in [9.17, 15) is 4.79 Å². The molecule has 1 rings (SSSR count). The summed E-state index contributed by atoms with van der Waals surface area (Å²) < 4.78 is 0. The second kappa shape index (κ2) is 6.94. The summed E-state index contributed by atoms with van der Waals surface area (Å²) in [5.41, 5.74) is 5.67. The number of thiocarbonyl (C=S) groups is 1. The summed E-state index contributed by atoms with van der Waals surface area (Å²) in [6, 6.07) is 0. The van der Waals surface area contributed by atoms with E-state index in [4.69, 9.17) is 18.0 Å². The molecule has 0 radical (unpaired) electrons. The highest BCUT2D eigenvalue weighted by Gasteiger charge is 2.31. The van der Waals surface area contributed by atoms with Crippen LogP contribution < -0.4 is 5.73 Å². The number of hydrogen-bond acceptors (Lipinski definition) is 2. The van der Waals surface area contributed by atoms with Crippen molar-refractivity contribution in [2.75, 3.05) is 13.1 Å². The molecule has 1 saturated heterocycles. The Morgan fingerprint density at radius 3 is 2.71 bits per heavy atom. The van der Waals surface area contributed by atoms with Crippen molar-refractivity contribution in [3.8, 4) is 0 Å². The fourth-order valence-corrected chi connectivity index (χ4v) is 2.79. The van der Waals surface area contributed by atoms with Gasteiger partial charge < -0.3 is 10.6 Å². The molecule has 0 aromatic heterocycles. The molecule has 0 aromatic carbocycles. The van der Waals surface area contributed by atoms with E-state index in [1.807, 2.05) is 4.90 Å². The molecule has 1 amide bonds. The quantitative estimate of drug-likeness (QED) is 0.742. The smallest absolute Gasteiger partial charge is 0.232 e. The zero-order valence-corrected chi connectivity index (χ0v) is 11.8. The van der Waals surface area contributed by atoms with Gasteiger partial charge in [-0.15, -0.1) is 0 Å². The first kappa shape index (κ1) is 14.4. The van der Waals surface area contributed by atoms with E-state index in [1.54, 1.807) is 0 Å². The number of nitrogens with zero attached hydrogens (tertiary/aromatic N) is 1. The average Bonchev–Trinajstić information content (AvgIpc) is 2.73. The molecular weight excluding hydrogens is 232 g/mol. The van der Waals surface area contributed by atoms with Crippen LogP contribution in [-0.2, 0) is 4.79 Å². The van der Waals surface area contributed by atoms with E-state index < -0.39 is 0 Å². The van der Waals surface area contributed by atoms with E-state index in [2.05, 4.69) is 13.8 Å². The van der Waals surface area contributed by atoms with Crippen LogP contribution in [0, 0.1) is 11.8 Å². The van der Waals surface area contributed by atoms with Crippen molar-refractivity contribution in [1.82, 2.24) is 4.90 Å². The predicted molar refractivity (Wildman–Crippen MR) is 74.8 cm³/mol. The van der Waals surface area contributed by atoms with Gasteiger partial charge in [0.1, 0.15) is 0 Å². The Hall–Kier alpha value is -0.640. The largest absolute Gasteiger partial charge is 0.393 e. The number of carbonyl (C=O) groups excluding carboxylic acids is 1. The Labute approximate surface area is 110 Å². The third-order valence-electron chi connectivity index (χ3n) is 3.51. The van der Waals surface area contributed by atoms with Crippen LogP contribution >= 0.6 is 12.2 Å². The summed E-state index contributed by atoms with van der Waals surface area (Å²) in [7, 11) is 0. The molecule has 2 N–H and O–H groups in total. The molecule has 1 heterocycles. The molecule has 3 nitrogen and oxygen atoms in total. The summed E-state index contributed by atoms with van der Waals surface area (Å²) in [5.74, 6) is 0.589. The molecule has 4 heteroatoms. The van der Waals surface area contributed by atoms with Crippen molar-refractivity contribution in [3.05, 3.63) is 0 Å². The van der Waals surface area contributed by atoms with Gasteiger partial charge in [0.15, 0.2) is 0 Å². The van der Waals surface area contributed by atoms with Gasteiger partial charge in [0, 0.05) is 13.1 Å². The van der Waals surface area contributed by atoms with Gasteiger partial charge in [-0.3, -0.25) is 4.79 Å². The maximum Gasteiger partial charge on any atom is 0.232 e. The topological polar surface area (TPSA) is 46.3 Å². The zero-order chi connectivity index (χ0) is 12.8. The summed E-state index contributed by atoms with van der Waals surface area (Å²) in [4.78, 5) is 14.6. The van der Waals surface area contributed by atoms with Gasteiger partial charge in [0.2, 0.25) is 5.91 Å². The third kappa shape index (κ3) is 3.95. The SMILES string of the molecule is CCCC1CCN(C(=O)C(CCC)C(N)=S)C1. The van der Waals surface area contributed by atoms with Gasteiger partial charge in [-0.25, -0.2) is 0 Å². The van der Waals surface area contributed by atoms with Crippen molar-refractivity contribution in [1.29, 1.82) is 0 Å². The van der Waals surface area contributed by atoms with Crippen molar-refractivity contribution in [2.45, 2.75) is 46.0 Å². The molecule has 0 aliphatic carbocycles. The molecular formula is C13H24N2OS.